The molecule has 1 heterocycles. The quantitative estimate of drug-likeness (QED) is 0.852. The summed E-state index contributed by atoms with van der Waals surface area (Å²) in [5.74, 6) is 0.0565. The van der Waals surface area contributed by atoms with E-state index in [4.69, 9.17) is 0 Å². The summed E-state index contributed by atoms with van der Waals surface area (Å²) in [6, 6.07) is 5.54. The van der Waals surface area contributed by atoms with Crippen LogP contribution in [0.5, 0.6) is 0 Å². The van der Waals surface area contributed by atoms with Gasteiger partial charge in [-0.2, -0.15) is 17.4 Å². The number of nitrogens with one attached hydrogen (secondary N) is 1. The minimum Gasteiger partial charge on any atom is -0.315 e. The predicted molar refractivity (Wildman–Crippen MR) is 73.0 cm³/mol. The summed E-state index contributed by atoms with van der Waals surface area (Å²) in [6.45, 7) is 0.214. The van der Waals surface area contributed by atoms with Crippen LogP contribution in [0.3, 0.4) is 0 Å². The van der Waals surface area contributed by atoms with Gasteiger partial charge in [0, 0.05) is 33.4 Å². The van der Waals surface area contributed by atoms with E-state index in [2.05, 4.69) is 4.72 Å². The van der Waals surface area contributed by atoms with Crippen molar-refractivity contribution in [2.75, 3.05) is 26.0 Å². The number of likely N-dealkylation sites (N-methyl/N-ethyl adjacent to an activating group) is 1. The van der Waals surface area contributed by atoms with Crippen molar-refractivity contribution in [1.29, 1.82) is 0 Å². The molecule has 1 amide bonds. The van der Waals surface area contributed by atoms with E-state index < -0.39 is 10.2 Å². The molecule has 2 rings (SSSR count). The molecule has 0 saturated carbocycles. The molecule has 0 spiro atoms. The second-order valence-corrected chi connectivity index (χ2v) is 6.67. The first-order valence-corrected chi connectivity index (χ1v) is 7.31. The van der Waals surface area contributed by atoms with Gasteiger partial charge in [-0.15, -0.1) is 0 Å². The molecule has 7 heteroatoms. The molecule has 1 aromatic carbocycles. The Labute approximate surface area is 113 Å². The number of nitrogens with zero attached hydrogens (tertiary/aromatic N) is 2. The van der Waals surface area contributed by atoms with Gasteiger partial charge in [0.15, 0.2) is 0 Å². The van der Waals surface area contributed by atoms with Gasteiger partial charge in [0.2, 0.25) is 5.91 Å². The fourth-order valence-corrected chi connectivity index (χ4v) is 2.54. The number of carbonyl (C=O) groups is 1. The Hall–Kier alpha value is -1.44. The van der Waals surface area contributed by atoms with Gasteiger partial charge in [-0.3, -0.25) is 4.79 Å². The molecule has 0 aromatic heterocycles. The molecule has 0 bridgehead atoms. The van der Waals surface area contributed by atoms with Crippen LogP contribution < -0.4 is 9.62 Å². The number of carbonyl (C=O) groups excluding carboxylic acids is 1. The van der Waals surface area contributed by atoms with Crippen LogP contribution in [0.25, 0.3) is 0 Å². The Morgan fingerprint density at radius 2 is 2.05 bits per heavy atom. The van der Waals surface area contributed by atoms with Crippen molar-refractivity contribution in [3.05, 3.63) is 29.3 Å². The molecule has 1 aliphatic rings. The van der Waals surface area contributed by atoms with Gasteiger partial charge < -0.3 is 4.90 Å². The number of rotatable bonds is 4. The van der Waals surface area contributed by atoms with Gasteiger partial charge in [-0.05, 0) is 17.2 Å². The molecular formula is C12H17N3O3S. The van der Waals surface area contributed by atoms with Crippen LogP contribution in [-0.2, 0) is 28.0 Å². The molecule has 0 unspecified atom stereocenters. The highest BCUT2D eigenvalue weighted by atomic mass is 32.2. The maximum absolute atomic E-state index is 11.6. The van der Waals surface area contributed by atoms with Gasteiger partial charge in [0.1, 0.15) is 0 Å². The highest BCUT2D eigenvalue weighted by molar-refractivity contribution is 7.87. The summed E-state index contributed by atoms with van der Waals surface area (Å²) in [7, 11) is 1.25. The molecule has 0 aliphatic carbocycles. The summed E-state index contributed by atoms with van der Waals surface area (Å²) < 4.78 is 26.8. The Morgan fingerprint density at radius 1 is 1.37 bits per heavy atom. The summed E-state index contributed by atoms with van der Waals surface area (Å²) in [5.41, 5.74) is 2.67. The third-order valence-electron chi connectivity index (χ3n) is 3.16. The van der Waals surface area contributed by atoms with Crippen LogP contribution in [0, 0.1) is 0 Å². The monoisotopic (exact) mass is 283 g/mol. The number of hydrogen-bond donors (Lipinski definition) is 1. The average Bonchev–Trinajstić information content (AvgIpc) is 2.62. The standard InChI is InChI=1S/C12H17N3O3S/c1-14(2)19(17,18)13-8-9-4-5-11-10(6-9)7-12(16)15(11)3/h4-6,13H,7-8H2,1-3H3. The summed E-state index contributed by atoms with van der Waals surface area (Å²) >= 11 is 0. The van der Waals surface area contributed by atoms with Crippen LogP contribution in [0.2, 0.25) is 0 Å². The Balaban J connectivity index is 2.13. The molecule has 0 atom stereocenters. The maximum Gasteiger partial charge on any atom is 0.279 e. The minimum atomic E-state index is -3.43. The second-order valence-electron chi connectivity index (χ2n) is 4.70. The van der Waals surface area contributed by atoms with Crippen molar-refractivity contribution < 1.29 is 13.2 Å². The minimum absolute atomic E-state index is 0.0565. The van der Waals surface area contributed by atoms with E-state index in [9.17, 15) is 13.2 Å². The topological polar surface area (TPSA) is 69.7 Å². The third-order valence-corrected chi connectivity index (χ3v) is 4.63. The number of amides is 1. The zero-order chi connectivity index (χ0) is 14.2. The fraction of sp³-hybridized carbons (Fsp3) is 0.417. The summed E-state index contributed by atoms with van der Waals surface area (Å²) in [6.07, 6.45) is 0.375. The third kappa shape index (κ3) is 2.78. The van der Waals surface area contributed by atoms with Crippen LogP contribution in [-0.4, -0.2) is 39.8 Å². The summed E-state index contributed by atoms with van der Waals surface area (Å²) in [5, 5.41) is 0. The first-order chi connectivity index (χ1) is 8.81. The number of fused-ring (bicyclic) bond motifs is 1. The van der Waals surface area contributed by atoms with Crippen molar-refractivity contribution >= 4 is 21.8 Å². The van der Waals surface area contributed by atoms with E-state index in [0.717, 1.165) is 21.1 Å². The Bertz CT molecular complexity index is 611. The van der Waals surface area contributed by atoms with Crippen LogP contribution >= 0.6 is 0 Å². The van der Waals surface area contributed by atoms with Crippen molar-refractivity contribution in [3.63, 3.8) is 0 Å². The van der Waals surface area contributed by atoms with Gasteiger partial charge >= 0.3 is 0 Å². The van der Waals surface area contributed by atoms with E-state index in [1.807, 2.05) is 18.2 Å². The number of benzene rings is 1. The zero-order valence-corrected chi connectivity index (χ0v) is 12.0. The molecule has 1 aromatic rings. The van der Waals surface area contributed by atoms with Crippen LogP contribution in [0.15, 0.2) is 18.2 Å². The normalized spacial score (nSPS) is 15.2. The Morgan fingerprint density at radius 3 is 2.68 bits per heavy atom. The zero-order valence-electron chi connectivity index (χ0n) is 11.2. The first-order valence-electron chi connectivity index (χ1n) is 5.87. The van der Waals surface area contributed by atoms with Gasteiger partial charge in [-0.1, -0.05) is 12.1 Å². The van der Waals surface area contributed by atoms with Crippen LogP contribution in [0.1, 0.15) is 11.1 Å². The predicted octanol–water partition coefficient (Wildman–Crippen LogP) is 0.102. The van der Waals surface area contributed by atoms with Crippen molar-refractivity contribution in [2.24, 2.45) is 0 Å². The highest BCUT2D eigenvalue weighted by Crippen LogP contribution is 2.28. The van der Waals surface area contributed by atoms with Crippen LogP contribution in [0.4, 0.5) is 5.69 Å². The molecule has 0 fully saturated rings. The molecule has 1 aliphatic heterocycles. The van der Waals surface area contributed by atoms with Crippen molar-refractivity contribution in [1.82, 2.24) is 9.03 Å². The van der Waals surface area contributed by atoms with E-state index in [1.54, 1.807) is 11.9 Å². The van der Waals surface area contributed by atoms with Crippen molar-refractivity contribution in [2.45, 2.75) is 13.0 Å². The molecule has 1 N–H and O–H groups in total. The SMILES string of the molecule is CN1C(=O)Cc2cc(CNS(=O)(=O)N(C)C)ccc21. The number of anilines is 1. The lowest BCUT2D eigenvalue weighted by atomic mass is 10.1. The van der Waals surface area contributed by atoms with E-state index >= 15 is 0 Å². The van der Waals surface area contributed by atoms with Gasteiger partial charge in [0.05, 0.1) is 6.42 Å². The molecule has 0 saturated heterocycles. The van der Waals surface area contributed by atoms with E-state index in [0.29, 0.717) is 6.42 Å². The average molecular weight is 283 g/mol. The second kappa shape index (κ2) is 4.92. The van der Waals surface area contributed by atoms with Gasteiger partial charge in [0.25, 0.3) is 10.2 Å². The smallest absolute Gasteiger partial charge is 0.279 e. The molecule has 0 radical (unpaired) electrons. The molecule has 104 valence electrons. The molecule has 6 nitrogen and oxygen atoms in total. The lowest BCUT2D eigenvalue weighted by Crippen LogP contribution is -2.35. The van der Waals surface area contributed by atoms with Crippen molar-refractivity contribution in [3.8, 4) is 0 Å². The largest absolute Gasteiger partial charge is 0.315 e. The Kier molecular flexibility index (Phi) is 3.62. The summed E-state index contributed by atoms with van der Waals surface area (Å²) in [4.78, 5) is 13.2. The lowest BCUT2D eigenvalue weighted by molar-refractivity contribution is -0.117. The number of hydrogen-bond acceptors (Lipinski definition) is 3. The fourth-order valence-electron chi connectivity index (χ4n) is 1.94. The lowest BCUT2D eigenvalue weighted by Gasteiger charge is -2.13. The first kappa shape index (κ1) is 14.0. The van der Waals surface area contributed by atoms with E-state index in [-0.39, 0.29) is 12.5 Å². The molecule has 19 heavy (non-hydrogen) atoms. The maximum atomic E-state index is 11.6. The van der Waals surface area contributed by atoms with E-state index in [1.165, 1.54) is 14.1 Å². The van der Waals surface area contributed by atoms with Gasteiger partial charge in [-0.25, -0.2) is 0 Å². The molecular weight excluding hydrogens is 266 g/mol. The highest BCUT2D eigenvalue weighted by Gasteiger charge is 2.24.